The molecule has 0 spiro atoms. The number of anilines is 2. The molecule has 158 valence electrons. The summed E-state index contributed by atoms with van der Waals surface area (Å²) in [6.07, 6.45) is 2.35. The van der Waals surface area contributed by atoms with Crippen molar-refractivity contribution in [3.63, 3.8) is 0 Å². The Morgan fingerprint density at radius 1 is 1.33 bits per heavy atom. The SMILES string of the molecule is NC(=O)CNC(=O)C1CCCN1c1ncnc(NCc2ccccc2Br)c1[N+](=O)[O-]. The highest BCUT2D eigenvalue weighted by molar-refractivity contribution is 9.10. The number of halogens is 1. The Morgan fingerprint density at radius 2 is 2.10 bits per heavy atom. The van der Waals surface area contributed by atoms with Crippen LogP contribution in [0.3, 0.4) is 0 Å². The van der Waals surface area contributed by atoms with Gasteiger partial charge in [-0.2, -0.15) is 0 Å². The van der Waals surface area contributed by atoms with E-state index in [-0.39, 0.29) is 23.9 Å². The molecular weight excluding hydrogens is 458 g/mol. The summed E-state index contributed by atoms with van der Waals surface area (Å²) in [5.41, 5.74) is 5.67. The third-order valence-corrected chi connectivity index (χ3v) is 5.43. The van der Waals surface area contributed by atoms with Gasteiger partial charge in [-0.05, 0) is 24.5 Å². The highest BCUT2D eigenvalue weighted by Gasteiger charge is 2.37. The molecule has 1 saturated heterocycles. The molecule has 0 aliphatic carbocycles. The van der Waals surface area contributed by atoms with Crippen LogP contribution in [0.2, 0.25) is 0 Å². The number of amides is 2. The topological polar surface area (TPSA) is 156 Å². The molecule has 1 aliphatic heterocycles. The normalized spacial score (nSPS) is 15.6. The maximum atomic E-state index is 12.5. The fourth-order valence-corrected chi connectivity index (χ4v) is 3.71. The number of carbonyl (C=O) groups excluding carboxylic acids is 2. The molecule has 1 atom stereocenters. The van der Waals surface area contributed by atoms with Gasteiger partial charge in [-0.15, -0.1) is 0 Å². The van der Waals surface area contributed by atoms with Crippen molar-refractivity contribution in [3.05, 3.63) is 50.7 Å². The smallest absolute Gasteiger partial charge is 0.353 e. The minimum Gasteiger partial charge on any atom is -0.368 e. The molecule has 1 aromatic heterocycles. The second-order valence-corrected chi connectivity index (χ2v) is 7.49. The number of rotatable bonds is 8. The molecule has 3 rings (SSSR count). The first-order valence-electron chi connectivity index (χ1n) is 9.17. The van der Waals surface area contributed by atoms with Crippen molar-refractivity contribution in [2.45, 2.75) is 25.4 Å². The van der Waals surface area contributed by atoms with Gasteiger partial charge in [0.15, 0.2) is 0 Å². The van der Waals surface area contributed by atoms with Crippen LogP contribution in [0.5, 0.6) is 0 Å². The first-order chi connectivity index (χ1) is 14.4. The van der Waals surface area contributed by atoms with Crippen LogP contribution in [0.4, 0.5) is 17.3 Å². The van der Waals surface area contributed by atoms with Gasteiger partial charge in [-0.3, -0.25) is 19.7 Å². The summed E-state index contributed by atoms with van der Waals surface area (Å²) in [5.74, 6) is -0.980. The van der Waals surface area contributed by atoms with Crippen LogP contribution in [0.25, 0.3) is 0 Å². The van der Waals surface area contributed by atoms with Crippen molar-refractivity contribution >= 4 is 45.1 Å². The molecule has 12 heteroatoms. The number of benzene rings is 1. The summed E-state index contributed by atoms with van der Waals surface area (Å²) in [7, 11) is 0. The second-order valence-electron chi connectivity index (χ2n) is 6.63. The van der Waals surface area contributed by atoms with Gasteiger partial charge in [0.1, 0.15) is 12.4 Å². The third-order valence-electron chi connectivity index (χ3n) is 4.65. The van der Waals surface area contributed by atoms with Gasteiger partial charge in [0.25, 0.3) is 0 Å². The van der Waals surface area contributed by atoms with E-state index in [0.29, 0.717) is 25.9 Å². The van der Waals surface area contributed by atoms with E-state index in [1.807, 2.05) is 24.3 Å². The van der Waals surface area contributed by atoms with Gasteiger partial charge in [-0.25, -0.2) is 9.97 Å². The lowest BCUT2D eigenvalue weighted by Gasteiger charge is -2.24. The van der Waals surface area contributed by atoms with E-state index in [1.165, 1.54) is 6.33 Å². The summed E-state index contributed by atoms with van der Waals surface area (Å²) in [6.45, 7) is 0.422. The lowest BCUT2D eigenvalue weighted by atomic mass is 10.2. The molecular formula is C18H20BrN7O4. The lowest BCUT2D eigenvalue weighted by Crippen LogP contribution is -2.46. The maximum Gasteiger partial charge on any atom is 0.353 e. The minimum absolute atomic E-state index is 0.0568. The molecule has 2 amide bonds. The summed E-state index contributed by atoms with van der Waals surface area (Å²) in [5, 5.41) is 17.3. The van der Waals surface area contributed by atoms with Gasteiger partial charge in [0, 0.05) is 17.6 Å². The van der Waals surface area contributed by atoms with Crippen molar-refractivity contribution in [2.24, 2.45) is 5.73 Å². The van der Waals surface area contributed by atoms with Crippen molar-refractivity contribution in [3.8, 4) is 0 Å². The molecule has 0 radical (unpaired) electrons. The summed E-state index contributed by atoms with van der Waals surface area (Å²) < 4.78 is 0.861. The zero-order valence-corrected chi connectivity index (χ0v) is 17.5. The highest BCUT2D eigenvalue weighted by Crippen LogP contribution is 2.36. The van der Waals surface area contributed by atoms with Crippen LogP contribution < -0.4 is 21.3 Å². The predicted molar refractivity (Wildman–Crippen MR) is 113 cm³/mol. The average molecular weight is 478 g/mol. The quantitative estimate of drug-likeness (QED) is 0.379. The number of nitrogens with zero attached hydrogens (tertiary/aromatic N) is 4. The highest BCUT2D eigenvalue weighted by atomic mass is 79.9. The Labute approximate surface area is 180 Å². The van der Waals surface area contributed by atoms with Crippen molar-refractivity contribution in [1.29, 1.82) is 0 Å². The van der Waals surface area contributed by atoms with Crippen molar-refractivity contribution in [1.82, 2.24) is 15.3 Å². The molecule has 2 aromatic rings. The molecule has 0 bridgehead atoms. The number of hydrogen-bond donors (Lipinski definition) is 3. The molecule has 0 saturated carbocycles. The van der Waals surface area contributed by atoms with Crippen LogP contribution in [0.15, 0.2) is 35.1 Å². The largest absolute Gasteiger partial charge is 0.368 e. The van der Waals surface area contributed by atoms with Gasteiger partial charge in [0.05, 0.1) is 11.5 Å². The van der Waals surface area contributed by atoms with Gasteiger partial charge < -0.3 is 21.3 Å². The minimum atomic E-state index is -0.686. The fraction of sp³-hybridized carbons (Fsp3) is 0.333. The number of aromatic nitrogens is 2. The molecule has 1 aromatic carbocycles. The van der Waals surface area contributed by atoms with Crippen LogP contribution >= 0.6 is 15.9 Å². The molecule has 4 N–H and O–H groups in total. The van der Waals surface area contributed by atoms with E-state index in [2.05, 4.69) is 36.5 Å². The maximum absolute atomic E-state index is 12.5. The summed E-state index contributed by atoms with van der Waals surface area (Å²) in [6, 6.07) is 6.80. The Kier molecular flexibility index (Phi) is 6.77. The Bertz CT molecular complexity index is 971. The number of carbonyl (C=O) groups is 2. The predicted octanol–water partition coefficient (Wildman–Crippen LogP) is 1.33. The number of nitro groups is 1. The Hall–Kier alpha value is -3.28. The molecule has 1 unspecified atom stereocenters. The van der Waals surface area contributed by atoms with E-state index in [9.17, 15) is 19.7 Å². The lowest BCUT2D eigenvalue weighted by molar-refractivity contribution is -0.383. The average Bonchev–Trinajstić information content (AvgIpc) is 3.20. The van der Waals surface area contributed by atoms with E-state index in [0.717, 1.165) is 10.0 Å². The molecule has 1 fully saturated rings. The third kappa shape index (κ3) is 4.82. The van der Waals surface area contributed by atoms with Crippen LogP contribution in [0.1, 0.15) is 18.4 Å². The molecule has 2 heterocycles. The zero-order valence-electron chi connectivity index (χ0n) is 15.9. The van der Waals surface area contributed by atoms with Gasteiger partial charge >= 0.3 is 5.69 Å². The van der Waals surface area contributed by atoms with Crippen LogP contribution in [-0.4, -0.2) is 45.8 Å². The fourth-order valence-electron chi connectivity index (χ4n) is 3.28. The Balaban J connectivity index is 1.86. The molecule has 30 heavy (non-hydrogen) atoms. The van der Waals surface area contributed by atoms with E-state index in [4.69, 9.17) is 5.73 Å². The number of nitrogens with two attached hydrogens (primary N) is 1. The molecule has 1 aliphatic rings. The molecule has 11 nitrogen and oxygen atoms in total. The standard InChI is InChI=1S/C18H20BrN7O4/c19-12-5-2-1-4-11(12)8-21-16-15(26(29)30)17(24-10-23-16)25-7-3-6-13(25)18(28)22-9-14(20)27/h1-2,4-5,10,13H,3,6-9H2,(H2,20,27)(H,22,28)(H,21,23,24). The van der Waals surface area contributed by atoms with Gasteiger partial charge in [-0.1, -0.05) is 34.1 Å². The van der Waals surface area contributed by atoms with Crippen LogP contribution in [0, 0.1) is 10.1 Å². The number of primary amides is 1. The van der Waals surface area contributed by atoms with Gasteiger partial charge in [0.2, 0.25) is 23.5 Å². The summed E-state index contributed by atoms with van der Waals surface area (Å²) in [4.78, 5) is 44.4. The zero-order chi connectivity index (χ0) is 21.7. The van der Waals surface area contributed by atoms with Crippen LogP contribution in [-0.2, 0) is 16.1 Å². The first-order valence-corrected chi connectivity index (χ1v) is 9.97. The summed E-state index contributed by atoms with van der Waals surface area (Å²) >= 11 is 3.44. The first kappa shape index (κ1) is 21.4. The van der Waals surface area contributed by atoms with Crippen molar-refractivity contribution < 1.29 is 14.5 Å². The number of hydrogen-bond acceptors (Lipinski definition) is 8. The number of nitrogens with one attached hydrogen (secondary N) is 2. The van der Waals surface area contributed by atoms with E-state index in [1.54, 1.807) is 4.90 Å². The van der Waals surface area contributed by atoms with E-state index >= 15 is 0 Å². The Morgan fingerprint density at radius 3 is 2.80 bits per heavy atom. The second kappa shape index (κ2) is 9.48. The monoisotopic (exact) mass is 477 g/mol. The van der Waals surface area contributed by atoms with E-state index < -0.39 is 22.8 Å². The van der Waals surface area contributed by atoms with Crippen molar-refractivity contribution in [2.75, 3.05) is 23.3 Å².